The standard InChI is InChI=1S/C15H26N2O2/c1-11-12(6-7-19-11)10-17(5)14(18)13(9-16)8-15(2,3)4/h6-7,13H,8-10,16H2,1-5H3. The number of hydrogen-bond acceptors (Lipinski definition) is 3. The molecule has 0 spiro atoms. The van der Waals surface area contributed by atoms with Crippen LogP contribution in [0.4, 0.5) is 0 Å². The Balaban J connectivity index is 2.67. The number of carbonyl (C=O) groups is 1. The van der Waals surface area contributed by atoms with Crippen molar-refractivity contribution in [3.8, 4) is 0 Å². The highest BCUT2D eigenvalue weighted by Crippen LogP contribution is 2.25. The average Bonchev–Trinajstić information content (AvgIpc) is 2.70. The molecule has 4 nitrogen and oxygen atoms in total. The number of hydrogen-bond donors (Lipinski definition) is 1. The topological polar surface area (TPSA) is 59.5 Å². The van der Waals surface area contributed by atoms with Gasteiger partial charge >= 0.3 is 0 Å². The van der Waals surface area contributed by atoms with Crippen molar-refractivity contribution in [1.82, 2.24) is 4.90 Å². The highest BCUT2D eigenvalue weighted by molar-refractivity contribution is 5.78. The Labute approximate surface area is 116 Å². The number of amides is 1. The SMILES string of the molecule is Cc1occc1CN(C)C(=O)C(CN)CC(C)(C)C. The molecule has 0 radical (unpaired) electrons. The Morgan fingerprint density at radius 3 is 2.53 bits per heavy atom. The van der Waals surface area contributed by atoms with Crippen molar-refractivity contribution in [2.75, 3.05) is 13.6 Å². The van der Waals surface area contributed by atoms with E-state index in [2.05, 4.69) is 20.8 Å². The van der Waals surface area contributed by atoms with Gasteiger partial charge in [0.05, 0.1) is 12.2 Å². The second-order valence-electron chi connectivity index (χ2n) is 6.39. The Morgan fingerprint density at radius 1 is 1.47 bits per heavy atom. The third-order valence-corrected chi connectivity index (χ3v) is 3.24. The van der Waals surface area contributed by atoms with Gasteiger partial charge in [-0.15, -0.1) is 0 Å². The van der Waals surface area contributed by atoms with E-state index in [-0.39, 0.29) is 17.2 Å². The van der Waals surface area contributed by atoms with Crippen molar-refractivity contribution in [2.24, 2.45) is 17.1 Å². The molecule has 1 unspecified atom stereocenters. The zero-order chi connectivity index (χ0) is 14.6. The quantitative estimate of drug-likeness (QED) is 0.891. The van der Waals surface area contributed by atoms with E-state index in [0.29, 0.717) is 13.1 Å². The minimum absolute atomic E-state index is 0.103. The van der Waals surface area contributed by atoms with Crippen molar-refractivity contribution in [3.63, 3.8) is 0 Å². The van der Waals surface area contributed by atoms with Gasteiger partial charge in [0.15, 0.2) is 0 Å². The predicted molar refractivity (Wildman–Crippen MR) is 76.5 cm³/mol. The van der Waals surface area contributed by atoms with Crippen molar-refractivity contribution in [1.29, 1.82) is 0 Å². The molecule has 0 bridgehead atoms. The number of nitrogens with two attached hydrogens (primary N) is 1. The van der Waals surface area contributed by atoms with Crippen LogP contribution >= 0.6 is 0 Å². The van der Waals surface area contributed by atoms with Crippen LogP contribution in [0.25, 0.3) is 0 Å². The van der Waals surface area contributed by atoms with E-state index in [1.54, 1.807) is 11.2 Å². The fourth-order valence-corrected chi connectivity index (χ4v) is 2.23. The molecule has 1 atom stereocenters. The maximum absolute atomic E-state index is 12.4. The number of nitrogens with zero attached hydrogens (tertiary/aromatic N) is 1. The van der Waals surface area contributed by atoms with Crippen LogP contribution in [0.2, 0.25) is 0 Å². The van der Waals surface area contributed by atoms with Gasteiger partial charge < -0.3 is 15.1 Å². The van der Waals surface area contributed by atoms with E-state index in [1.165, 1.54) is 0 Å². The van der Waals surface area contributed by atoms with E-state index in [4.69, 9.17) is 10.2 Å². The number of furan rings is 1. The molecule has 0 aliphatic rings. The smallest absolute Gasteiger partial charge is 0.227 e. The Kier molecular flexibility index (Phi) is 5.18. The first-order chi connectivity index (χ1) is 8.74. The molecule has 0 saturated heterocycles. The van der Waals surface area contributed by atoms with Crippen molar-refractivity contribution >= 4 is 5.91 Å². The summed E-state index contributed by atoms with van der Waals surface area (Å²) in [6, 6.07) is 1.90. The molecular weight excluding hydrogens is 240 g/mol. The molecule has 2 N–H and O–H groups in total. The van der Waals surface area contributed by atoms with Crippen LogP contribution in [0.3, 0.4) is 0 Å². The molecule has 0 aliphatic carbocycles. The third kappa shape index (κ3) is 4.71. The number of carbonyl (C=O) groups excluding carboxylic acids is 1. The molecule has 0 fully saturated rings. The molecule has 108 valence electrons. The summed E-state index contributed by atoms with van der Waals surface area (Å²) in [5, 5.41) is 0. The molecular formula is C15H26N2O2. The summed E-state index contributed by atoms with van der Waals surface area (Å²) in [6.07, 6.45) is 2.45. The Morgan fingerprint density at radius 2 is 2.11 bits per heavy atom. The fourth-order valence-electron chi connectivity index (χ4n) is 2.23. The van der Waals surface area contributed by atoms with Crippen LogP contribution in [-0.2, 0) is 11.3 Å². The summed E-state index contributed by atoms with van der Waals surface area (Å²) in [5.41, 5.74) is 6.90. The zero-order valence-corrected chi connectivity index (χ0v) is 12.7. The van der Waals surface area contributed by atoms with Crippen LogP contribution in [0.5, 0.6) is 0 Å². The van der Waals surface area contributed by atoms with E-state index in [0.717, 1.165) is 17.7 Å². The first kappa shape index (κ1) is 15.8. The lowest BCUT2D eigenvalue weighted by Gasteiger charge is -2.28. The van der Waals surface area contributed by atoms with Crippen molar-refractivity contribution in [3.05, 3.63) is 23.7 Å². The highest BCUT2D eigenvalue weighted by Gasteiger charge is 2.26. The molecule has 19 heavy (non-hydrogen) atoms. The zero-order valence-electron chi connectivity index (χ0n) is 12.7. The first-order valence-corrected chi connectivity index (χ1v) is 6.72. The fraction of sp³-hybridized carbons (Fsp3) is 0.667. The van der Waals surface area contributed by atoms with Gasteiger partial charge in [-0.25, -0.2) is 0 Å². The molecule has 1 amide bonds. The van der Waals surface area contributed by atoms with Gasteiger partial charge in [0.25, 0.3) is 0 Å². The average molecular weight is 266 g/mol. The van der Waals surface area contributed by atoms with Gasteiger partial charge in [-0.3, -0.25) is 4.79 Å². The normalized spacial score (nSPS) is 13.4. The molecule has 0 saturated carbocycles. The molecule has 1 rings (SSSR count). The second-order valence-corrected chi connectivity index (χ2v) is 6.39. The van der Waals surface area contributed by atoms with Gasteiger partial charge in [-0.1, -0.05) is 20.8 Å². The third-order valence-electron chi connectivity index (χ3n) is 3.24. The summed E-state index contributed by atoms with van der Waals surface area (Å²) in [4.78, 5) is 14.1. The number of rotatable bonds is 5. The Hall–Kier alpha value is -1.29. The van der Waals surface area contributed by atoms with Crippen LogP contribution in [0, 0.1) is 18.3 Å². The molecule has 0 aromatic carbocycles. The van der Waals surface area contributed by atoms with E-state index < -0.39 is 0 Å². The molecule has 4 heteroatoms. The maximum Gasteiger partial charge on any atom is 0.227 e. The monoisotopic (exact) mass is 266 g/mol. The second kappa shape index (κ2) is 6.24. The van der Waals surface area contributed by atoms with Gasteiger partial charge in [0, 0.05) is 25.7 Å². The van der Waals surface area contributed by atoms with Crippen LogP contribution in [0.15, 0.2) is 16.7 Å². The maximum atomic E-state index is 12.4. The molecule has 0 aliphatic heterocycles. The molecule has 1 aromatic heterocycles. The van der Waals surface area contributed by atoms with Crippen LogP contribution < -0.4 is 5.73 Å². The van der Waals surface area contributed by atoms with Gasteiger partial charge in [0.1, 0.15) is 5.76 Å². The predicted octanol–water partition coefficient (Wildman–Crippen LogP) is 2.56. The van der Waals surface area contributed by atoms with Gasteiger partial charge in [-0.05, 0) is 24.8 Å². The van der Waals surface area contributed by atoms with Gasteiger partial charge in [0.2, 0.25) is 5.91 Å². The van der Waals surface area contributed by atoms with Crippen molar-refractivity contribution < 1.29 is 9.21 Å². The molecule has 1 aromatic rings. The van der Waals surface area contributed by atoms with E-state index >= 15 is 0 Å². The largest absolute Gasteiger partial charge is 0.469 e. The van der Waals surface area contributed by atoms with Crippen LogP contribution in [-0.4, -0.2) is 24.4 Å². The first-order valence-electron chi connectivity index (χ1n) is 6.72. The van der Waals surface area contributed by atoms with E-state index in [9.17, 15) is 4.79 Å². The molecule has 1 heterocycles. The minimum Gasteiger partial charge on any atom is -0.469 e. The lowest BCUT2D eigenvalue weighted by molar-refractivity contribution is -0.135. The summed E-state index contributed by atoms with van der Waals surface area (Å²) in [5.74, 6) is 0.856. The summed E-state index contributed by atoms with van der Waals surface area (Å²) >= 11 is 0. The Bertz CT molecular complexity index is 418. The lowest BCUT2D eigenvalue weighted by Crippen LogP contribution is -2.38. The highest BCUT2D eigenvalue weighted by atomic mass is 16.3. The lowest BCUT2D eigenvalue weighted by atomic mass is 9.84. The van der Waals surface area contributed by atoms with Gasteiger partial charge in [-0.2, -0.15) is 0 Å². The van der Waals surface area contributed by atoms with Crippen molar-refractivity contribution in [2.45, 2.75) is 40.7 Å². The number of aryl methyl sites for hydroxylation is 1. The van der Waals surface area contributed by atoms with Crippen LogP contribution in [0.1, 0.15) is 38.5 Å². The van der Waals surface area contributed by atoms with E-state index in [1.807, 2.05) is 20.0 Å². The summed E-state index contributed by atoms with van der Waals surface area (Å²) in [7, 11) is 1.82. The minimum atomic E-state index is -0.114. The summed E-state index contributed by atoms with van der Waals surface area (Å²) < 4.78 is 5.25. The summed E-state index contributed by atoms with van der Waals surface area (Å²) in [6.45, 7) is 9.26.